The van der Waals surface area contributed by atoms with Crippen LogP contribution in [0.4, 0.5) is 0 Å². The second-order valence-electron chi connectivity index (χ2n) is 4.09. The molecule has 0 saturated heterocycles. The van der Waals surface area contributed by atoms with Crippen molar-refractivity contribution in [2.24, 2.45) is 0 Å². The van der Waals surface area contributed by atoms with Gasteiger partial charge in [0.25, 0.3) is 0 Å². The summed E-state index contributed by atoms with van der Waals surface area (Å²) < 4.78 is 0. The Morgan fingerprint density at radius 1 is 1.33 bits per heavy atom. The van der Waals surface area contributed by atoms with E-state index in [1.807, 2.05) is 30.5 Å². The molecule has 2 N–H and O–H groups in total. The summed E-state index contributed by atoms with van der Waals surface area (Å²) in [6.07, 6.45) is 5.58. The molecule has 18 heavy (non-hydrogen) atoms. The first-order chi connectivity index (χ1) is 8.90. The van der Waals surface area contributed by atoms with E-state index in [2.05, 4.69) is 21.4 Å². The van der Waals surface area contributed by atoms with Gasteiger partial charge in [0.05, 0.1) is 11.6 Å². The number of aromatic nitrogens is 2. The van der Waals surface area contributed by atoms with E-state index in [0.29, 0.717) is 0 Å². The number of nitrogens with zero attached hydrogens (tertiary/aromatic N) is 2. The molecule has 0 fully saturated rings. The van der Waals surface area contributed by atoms with E-state index in [0.717, 1.165) is 42.9 Å². The first-order valence-electron chi connectivity index (χ1n) is 6.07. The number of imidazole rings is 1. The molecule has 2 aromatic rings. The molecule has 0 saturated carbocycles. The predicted octanol–water partition coefficient (Wildman–Crippen LogP) is 2.00. The van der Waals surface area contributed by atoms with Crippen molar-refractivity contribution in [3.8, 4) is 6.07 Å². The first kappa shape index (κ1) is 12.3. The van der Waals surface area contributed by atoms with Gasteiger partial charge in [0.1, 0.15) is 5.82 Å². The summed E-state index contributed by atoms with van der Waals surface area (Å²) in [5, 5.41) is 12.3. The lowest BCUT2D eigenvalue weighted by Gasteiger charge is -2.05. The summed E-state index contributed by atoms with van der Waals surface area (Å²) in [6, 6.07) is 9.88. The van der Waals surface area contributed by atoms with Crippen molar-refractivity contribution in [1.29, 1.82) is 5.26 Å². The second kappa shape index (κ2) is 6.58. The van der Waals surface area contributed by atoms with Crippen LogP contribution in [0.25, 0.3) is 0 Å². The van der Waals surface area contributed by atoms with E-state index in [-0.39, 0.29) is 0 Å². The smallest absolute Gasteiger partial charge is 0.106 e. The van der Waals surface area contributed by atoms with Crippen LogP contribution in [0.1, 0.15) is 23.4 Å². The van der Waals surface area contributed by atoms with Crippen LogP contribution in [0.3, 0.4) is 0 Å². The Bertz CT molecular complexity index is 511. The van der Waals surface area contributed by atoms with Crippen LogP contribution in [0, 0.1) is 11.3 Å². The molecule has 0 amide bonds. The summed E-state index contributed by atoms with van der Waals surface area (Å²) in [4.78, 5) is 7.26. The van der Waals surface area contributed by atoms with Crippen LogP contribution < -0.4 is 5.32 Å². The molecule has 0 bridgehead atoms. The van der Waals surface area contributed by atoms with E-state index in [4.69, 9.17) is 5.26 Å². The topological polar surface area (TPSA) is 64.5 Å². The Hall–Kier alpha value is -2.12. The zero-order chi connectivity index (χ0) is 12.6. The average Bonchev–Trinajstić information content (AvgIpc) is 2.92. The molecule has 4 heteroatoms. The number of H-pyrrole nitrogens is 1. The lowest BCUT2D eigenvalue weighted by molar-refractivity contribution is 0.640. The Labute approximate surface area is 107 Å². The Morgan fingerprint density at radius 2 is 2.22 bits per heavy atom. The van der Waals surface area contributed by atoms with E-state index in [1.54, 1.807) is 6.20 Å². The van der Waals surface area contributed by atoms with E-state index in [9.17, 15) is 0 Å². The molecule has 1 aromatic heterocycles. The van der Waals surface area contributed by atoms with Crippen molar-refractivity contribution in [2.45, 2.75) is 19.4 Å². The number of nitriles is 1. The minimum Gasteiger partial charge on any atom is -0.349 e. The number of benzene rings is 1. The largest absolute Gasteiger partial charge is 0.349 e. The van der Waals surface area contributed by atoms with Crippen molar-refractivity contribution in [3.63, 3.8) is 0 Å². The first-order valence-corrected chi connectivity index (χ1v) is 6.07. The maximum Gasteiger partial charge on any atom is 0.106 e. The van der Waals surface area contributed by atoms with Crippen LogP contribution in [-0.4, -0.2) is 16.5 Å². The molecule has 0 unspecified atom stereocenters. The van der Waals surface area contributed by atoms with Crippen molar-refractivity contribution >= 4 is 0 Å². The van der Waals surface area contributed by atoms with Gasteiger partial charge in [0, 0.05) is 25.4 Å². The van der Waals surface area contributed by atoms with Crippen LogP contribution in [0.15, 0.2) is 36.7 Å². The van der Waals surface area contributed by atoms with Gasteiger partial charge in [-0.1, -0.05) is 18.2 Å². The molecule has 2 rings (SSSR count). The highest BCUT2D eigenvalue weighted by molar-refractivity contribution is 5.37. The average molecular weight is 240 g/mol. The Balaban J connectivity index is 1.71. The van der Waals surface area contributed by atoms with Gasteiger partial charge in [-0.05, 0) is 24.6 Å². The lowest BCUT2D eigenvalue weighted by atomic mass is 10.1. The number of nitrogens with one attached hydrogen (secondary N) is 2. The van der Waals surface area contributed by atoms with E-state index >= 15 is 0 Å². The van der Waals surface area contributed by atoms with Gasteiger partial charge < -0.3 is 10.3 Å². The minimum absolute atomic E-state index is 0.738. The van der Waals surface area contributed by atoms with Crippen LogP contribution in [-0.2, 0) is 13.0 Å². The van der Waals surface area contributed by atoms with Crippen molar-refractivity contribution in [1.82, 2.24) is 15.3 Å². The number of aromatic amines is 1. The molecule has 0 radical (unpaired) electrons. The maximum atomic E-state index is 8.96. The fourth-order valence-corrected chi connectivity index (χ4v) is 1.82. The zero-order valence-corrected chi connectivity index (χ0v) is 10.2. The van der Waals surface area contributed by atoms with Gasteiger partial charge in [0.15, 0.2) is 0 Å². The molecule has 92 valence electrons. The highest BCUT2D eigenvalue weighted by atomic mass is 14.9. The molecular weight excluding hydrogens is 224 g/mol. The molecule has 0 aliphatic heterocycles. The van der Waals surface area contributed by atoms with Gasteiger partial charge in [-0.2, -0.15) is 5.26 Å². The second-order valence-corrected chi connectivity index (χ2v) is 4.09. The molecule has 1 heterocycles. The number of hydrogen-bond donors (Lipinski definition) is 2. The highest BCUT2D eigenvalue weighted by Crippen LogP contribution is 2.06. The van der Waals surface area contributed by atoms with Gasteiger partial charge in [-0.15, -0.1) is 0 Å². The van der Waals surface area contributed by atoms with E-state index in [1.165, 1.54) is 0 Å². The summed E-state index contributed by atoms with van der Waals surface area (Å²) in [5.74, 6) is 1.02. The fourth-order valence-electron chi connectivity index (χ4n) is 1.82. The molecule has 0 aliphatic rings. The van der Waals surface area contributed by atoms with Gasteiger partial charge in [-0.25, -0.2) is 4.98 Å². The molecular formula is C14H16N4. The van der Waals surface area contributed by atoms with Crippen LogP contribution >= 0.6 is 0 Å². The number of aryl methyl sites for hydroxylation is 1. The predicted molar refractivity (Wildman–Crippen MR) is 69.8 cm³/mol. The monoisotopic (exact) mass is 240 g/mol. The van der Waals surface area contributed by atoms with Crippen molar-refractivity contribution < 1.29 is 0 Å². The van der Waals surface area contributed by atoms with Gasteiger partial charge in [-0.3, -0.25) is 0 Å². The Morgan fingerprint density at radius 3 is 3.00 bits per heavy atom. The minimum atomic E-state index is 0.738. The fraction of sp³-hybridized carbons (Fsp3) is 0.286. The normalized spacial score (nSPS) is 10.2. The summed E-state index contributed by atoms with van der Waals surface area (Å²) >= 11 is 0. The highest BCUT2D eigenvalue weighted by Gasteiger charge is 2.00. The Kier molecular flexibility index (Phi) is 4.51. The third-order valence-electron chi connectivity index (χ3n) is 2.78. The van der Waals surface area contributed by atoms with Crippen molar-refractivity contribution in [2.75, 3.05) is 6.54 Å². The van der Waals surface area contributed by atoms with E-state index < -0.39 is 0 Å². The SMILES string of the molecule is N#Cc1ccccc1CNCCCc1ncc[nH]1. The molecule has 1 aromatic carbocycles. The summed E-state index contributed by atoms with van der Waals surface area (Å²) in [7, 11) is 0. The third-order valence-corrected chi connectivity index (χ3v) is 2.78. The quantitative estimate of drug-likeness (QED) is 0.759. The number of hydrogen-bond acceptors (Lipinski definition) is 3. The molecule has 0 aliphatic carbocycles. The number of rotatable bonds is 6. The van der Waals surface area contributed by atoms with Gasteiger partial charge in [0.2, 0.25) is 0 Å². The van der Waals surface area contributed by atoms with Gasteiger partial charge >= 0.3 is 0 Å². The lowest BCUT2D eigenvalue weighted by Crippen LogP contribution is -2.16. The van der Waals surface area contributed by atoms with Crippen LogP contribution in [0.5, 0.6) is 0 Å². The molecule has 0 atom stereocenters. The van der Waals surface area contributed by atoms with Crippen LogP contribution in [0.2, 0.25) is 0 Å². The summed E-state index contributed by atoms with van der Waals surface area (Å²) in [5.41, 5.74) is 1.80. The van der Waals surface area contributed by atoms with Crippen molar-refractivity contribution in [3.05, 3.63) is 53.6 Å². The molecule has 4 nitrogen and oxygen atoms in total. The molecule has 0 spiro atoms. The zero-order valence-electron chi connectivity index (χ0n) is 10.2. The standard InChI is InChI=1S/C14H16N4/c15-10-12-4-1-2-5-13(12)11-16-7-3-6-14-17-8-9-18-14/h1-2,4-5,8-9,16H,3,6-7,11H2,(H,17,18). The third kappa shape index (κ3) is 3.44. The summed E-state index contributed by atoms with van der Waals surface area (Å²) in [6.45, 7) is 1.66. The maximum absolute atomic E-state index is 8.96.